The molecule has 0 atom stereocenters. The Balaban J connectivity index is 2.21. The van der Waals surface area contributed by atoms with Crippen molar-refractivity contribution in [3.8, 4) is 0 Å². The molecule has 2 aromatic rings. The zero-order valence-corrected chi connectivity index (χ0v) is 14.3. The second-order valence-corrected chi connectivity index (χ2v) is 6.36. The van der Waals surface area contributed by atoms with Crippen LogP contribution in [0, 0.1) is 3.57 Å². The summed E-state index contributed by atoms with van der Waals surface area (Å²) in [6.45, 7) is 0. The molecule has 1 heterocycles. The van der Waals surface area contributed by atoms with Crippen molar-refractivity contribution in [1.29, 1.82) is 0 Å². The molecule has 18 heavy (non-hydrogen) atoms. The average molecular weight is 482 g/mol. The molecule has 0 spiro atoms. The molecule has 1 aromatic heterocycles. The van der Waals surface area contributed by atoms with Crippen molar-refractivity contribution in [3.05, 3.63) is 54.7 Å². The quantitative estimate of drug-likeness (QED) is 0.508. The molecule has 2 rings (SSSR count). The summed E-state index contributed by atoms with van der Waals surface area (Å²) in [6, 6.07) is 9.08. The van der Waals surface area contributed by atoms with E-state index < -0.39 is 0 Å². The van der Waals surface area contributed by atoms with Crippen LogP contribution in [-0.4, -0.2) is 10.9 Å². The van der Waals surface area contributed by atoms with Crippen molar-refractivity contribution in [2.45, 2.75) is 0 Å². The lowest BCUT2D eigenvalue weighted by molar-refractivity contribution is 0.102. The number of nitrogens with one attached hydrogen (secondary N) is 1. The standard InChI is InChI=1S/C12H7Br2IN2O/c13-9-6-8(15)1-2-10(9)17-12(18)7-3-4-16-11(14)5-7/h1-6H,(H,17,18). The van der Waals surface area contributed by atoms with Gasteiger partial charge in [-0.15, -0.1) is 0 Å². The zero-order chi connectivity index (χ0) is 13.1. The van der Waals surface area contributed by atoms with Gasteiger partial charge in [-0.05, 0) is 84.8 Å². The first-order chi connectivity index (χ1) is 8.56. The Morgan fingerprint density at radius 1 is 1.22 bits per heavy atom. The molecule has 0 bridgehead atoms. The van der Waals surface area contributed by atoms with Gasteiger partial charge in [-0.1, -0.05) is 0 Å². The number of carbonyl (C=O) groups is 1. The molecule has 0 aliphatic carbocycles. The van der Waals surface area contributed by atoms with Gasteiger partial charge in [-0.25, -0.2) is 4.98 Å². The average Bonchev–Trinajstić information content (AvgIpc) is 2.32. The number of amides is 1. The summed E-state index contributed by atoms with van der Waals surface area (Å²) in [6.07, 6.45) is 1.59. The first-order valence-electron chi connectivity index (χ1n) is 4.94. The number of nitrogens with zero attached hydrogens (tertiary/aromatic N) is 1. The minimum Gasteiger partial charge on any atom is -0.321 e. The number of carbonyl (C=O) groups excluding carboxylic acids is 1. The summed E-state index contributed by atoms with van der Waals surface area (Å²) in [4.78, 5) is 16.0. The van der Waals surface area contributed by atoms with Gasteiger partial charge in [-0.2, -0.15) is 0 Å². The van der Waals surface area contributed by atoms with E-state index in [2.05, 4.69) is 64.8 Å². The van der Waals surface area contributed by atoms with Crippen molar-refractivity contribution in [2.75, 3.05) is 5.32 Å². The van der Waals surface area contributed by atoms with Crippen molar-refractivity contribution < 1.29 is 4.79 Å². The Labute approximate surface area is 135 Å². The maximum atomic E-state index is 12.0. The molecule has 0 fully saturated rings. The van der Waals surface area contributed by atoms with Crippen molar-refractivity contribution in [1.82, 2.24) is 4.98 Å². The molecule has 1 N–H and O–H groups in total. The van der Waals surface area contributed by atoms with Crippen LogP contribution in [0.4, 0.5) is 5.69 Å². The monoisotopic (exact) mass is 480 g/mol. The van der Waals surface area contributed by atoms with Crippen molar-refractivity contribution >= 4 is 66.0 Å². The number of halogens is 3. The number of benzene rings is 1. The second kappa shape index (κ2) is 6.12. The SMILES string of the molecule is O=C(Nc1ccc(I)cc1Br)c1ccnc(Br)c1. The summed E-state index contributed by atoms with van der Waals surface area (Å²) in [5, 5.41) is 2.84. The molecule has 1 aromatic carbocycles. The highest BCUT2D eigenvalue weighted by Crippen LogP contribution is 2.25. The van der Waals surface area contributed by atoms with E-state index in [4.69, 9.17) is 0 Å². The summed E-state index contributed by atoms with van der Waals surface area (Å²) in [5.41, 5.74) is 1.30. The van der Waals surface area contributed by atoms with Crippen LogP contribution in [0.1, 0.15) is 10.4 Å². The Morgan fingerprint density at radius 3 is 2.67 bits per heavy atom. The molecule has 3 nitrogen and oxygen atoms in total. The van der Waals surface area contributed by atoms with Crippen LogP contribution < -0.4 is 5.32 Å². The molecular weight excluding hydrogens is 475 g/mol. The molecular formula is C12H7Br2IN2O. The minimum atomic E-state index is -0.167. The third-order valence-corrected chi connectivity index (χ3v) is 3.93. The molecule has 0 radical (unpaired) electrons. The highest BCUT2D eigenvalue weighted by atomic mass is 127. The fraction of sp³-hybridized carbons (Fsp3) is 0. The lowest BCUT2D eigenvalue weighted by Crippen LogP contribution is -2.12. The normalized spacial score (nSPS) is 10.2. The molecule has 0 aliphatic rings. The number of hydrogen-bond donors (Lipinski definition) is 1. The Hall–Kier alpha value is -0.470. The molecule has 0 unspecified atom stereocenters. The third kappa shape index (κ3) is 3.52. The van der Waals surface area contributed by atoms with Crippen molar-refractivity contribution in [2.24, 2.45) is 0 Å². The minimum absolute atomic E-state index is 0.167. The highest BCUT2D eigenvalue weighted by molar-refractivity contribution is 14.1. The largest absolute Gasteiger partial charge is 0.321 e. The first kappa shape index (κ1) is 14.0. The molecule has 0 saturated carbocycles. The van der Waals surface area contributed by atoms with E-state index in [0.29, 0.717) is 10.2 Å². The fourth-order valence-electron chi connectivity index (χ4n) is 1.33. The van der Waals surface area contributed by atoms with Gasteiger partial charge in [-0.3, -0.25) is 4.79 Å². The predicted molar refractivity (Wildman–Crippen MR) is 86.7 cm³/mol. The maximum Gasteiger partial charge on any atom is 0.255 e. The first-order valence-corrected chi connectivity index (χ1v) is 7.61. The van der Waals surface area contributed by atoms with Gasteiger partial charge in [0.15, 0.2) is 0 Å². The van der Waals surface area contributed by atoms with Crippen LogP contribution >= 0.6 is 54.5 Å². The van der Waals surface area contributed by atoms with Crippen LogP contribution in [0.3, 0.4) is 0 Å². The summed E-state index contributed by atoms with van der Waals surface area (Å²) in [5.74, 6) is -0.167. The van der Waals surface area contributed by atoms with E-state index in [1.165, 1.54) is 0 Å². The van der Waals surface area contributed by atoms with Crippen LogP contribution in [0.2, 0.25) is 0 Å². The fourth-order valence-corrected chi connectivity index (χ4v) is 3.09. The number of anilines is 1. The van der Waals surface area contributed by atoms with Crippen LogP contribution in [0.15, 0.2) is 45.6 Å². The van der Waals surface area contributed by atoms with E-state index in [0.717, 1.165) is 13.7 Å². The highest BCUT2D eigenvalue weighted by Gasteiger charge is 2.09. The molecule has 1 amide bonds. The number of aromatic nitrogens is 1. The molecule has 0 saturated heterocycles. The van der Waals surface area contributed by atoms with Crippen molar-refractivity contribution in [3.63, 3.8) is 0 Å². The zero-order valence-electron chi connectivity index (χ0n) is 8.95. The van der Waals surface area contributed by atoms with Gasteiger partial charge in [0.1, 0.15) is 4.60 Å². The number of rotatable bonds is 2. The Morgan fingerprint density at radius 2 is 2.00 bits per heavy atom. The van der Waals surface area contributed by atoms with Gasteiger partial charge < -0.3 is 5.32 Å². The van der Waals surface area contributed by atoms with E-state index in [1.54, 1.807) is 18.3 Å². The maximum absolute atomic E-state index is 12.0. The Bertz CT molecular complexity index is 604. The van der Waals surface area contributed by atoms with E-state index in [1.807, 2.05) is 18.2 Å². The smallest absolute Gasteiger partial charge is 0.255 e. The van der Waals surface area contributed by atoms with Crippen LogP contribution in [-0.2, 0) is 0 Å². The van der Waals surface area contributed by atoms with Gasteiger partial charge in [0.2, 0.25) is 0 Å². The lowest BCUT2D eigenvalue weighted by atomic mass is 10.2. The molecule has 92 valence electrons. The second-order valence-electron chi connectivity index (χ2n) is 3.45. The van der Waals surface area contributed by atoms with Gasteiger partial charge in [0, 0.05) is 19.8 Å². The Kier molecular flexibility index (Phi) is 4.74. The summed E-state index contributed by atoms with van der Waals surface area (Å²) >= 11 is 8.87. The van der Waals surface area contributed by atoms with Gasteiger partial charge in [0.05, 0.1) is 5.69 Å². The lowest BCUT2D eigenvalue weighted by Gasteiger charge is -2.07. The van der Waals surface area contributed by atoms with Gasteiger partial charge >= 0.3 is 0 Å². The van der Waals surface area contributed by atoms with E-state index in [9.17, 15) is 4.79 Å². The summed E-state index contributed by atoms with van der Waals surface area (Å²) < 4.78 is 2.59. The van der Waals surface area contributed by atoms with E-state index >= 15 is 0 Å². The van der Waals surface area contributed by atoms with Gasteiger partial charge in [0.25, 0.3) is 5.91 Å². The van der Waals surface area contributed by atoms with E-state index in [-0.39, 0.29) is 5.91 Å². The molecule has 0 aliphatic heterocycles. The number of pyridine rings is 1. The third-order valence-electron chi connectivity index (χ3n) is 2.17. The van der Waals surface area contributed by atoms with Crippen LogP contribution in [0.25, 0.3) is 0 Å². The number of hydrogen-bond acceptors (Lipinski definition) is 2. The summed E-state index contributed by atoms with van der Waals surface area (Å²) in [7, 11) is 0. The van der Waals surface area contributed by atoms with Crippen LogP contribution in [0.5, 0.6) is 0 Å². The topological polar surface area (TPSA) is 42.0 Å². The molecule has 6 heteroatoms. The predicted octanol–water partition coefficient (Wildman–Crippen LogP) is 4.46.